The van der Waals surface area contributed by atoms with Gasteiger partial charge in [0.1, 0.15) is 0 Å². The van der Waals surface area contributed by atoms with Crippen molar-refractivity contribution in [2.45, 2.75) is 17.9 Å². The van der Waals surface area contributed by atoms with Crippen molar-refractivity contribution >= 4 is 0 Å². The molecular formula is C27H29NO8. The first-order valence-corrected chi connectivity index (χ1v) is 11.2. The highest BCUT2D eigenvalue weighted by Crippen LogP contribution is 2.53. The van der Waals surface area contributed by atoms with E-state index in [2.05, 4.69) is 0 Å². The molecular weight excluding hydrogens is 466 g/mol. The van der Waals surface area contributed by atoms with E-state index in [-0.39, 0.29) is 4.92 Å². The summed E-state index contributed by atoms with van der Waals surface area (Å²) >= 11 is 0. The average Bonchev–Trinajstić information content (AvgIpc) is 3.25. The van der Waals surface area contributed by atoms with Crippen LogP contribution in [0.25, 0.3) is 0 Å². The Balaban J connectivity index is 1.99. The standard InChI is InChI=1S/C27H29NO8/c1-31-19-9-7-15(11-21(19)33-3)25-17-13-23(35-5)24(36-6)14-18(17)26(27(25)28(29)30)16-8-10-20(32-2)22(12-16)34-4/h7-14,25-27H,1-6H3/t25-,26-/m0/s1. The Morgan fingerprint density at radius 1 is 0.556 bits per heavy atom. The van der Waals surface area contributed by atoms with Crippen LogP contribution in [0.2, 0.25) is 0 Å². The fourth-order valence-corrected chi connectivity index (χ4v) is 5.10. The number of hydrogen-bond donors (Lipinski definition) is 0. The lowest BCUT2D eigenvalue weighted by Gasteiger charge is -2.21. The van der Waals surface area contributed by atoms with Crippen molar-refractivity contribution < 1.29 is 33.3 Å². The molecule has 3 aromatic carbocycles. The van der Waals surface area contributed by atoms with Crippen molar-refractivity contribution in [3.63, 3.8) is 0 Å². The van der Waals surface area contributed by atoms with Crippen LogP contribution in [0.1, 0.15) is 34.1 Å². The lowest BCUT2D eigenvalue weighted by Crippen LogP contribution is -2.29. The zero-order valence-electron chi connectivity index (χ0n) is 21.1. The Morgan fingerprint density at radius 3 is 1.19 bits per heavy atom. The summed E-state index contributed by atoms with van der Waals surface area (Å²) in [5, 5.41) is 12.7. The Kier molecular flexibility index (Phi) is 7.10. The molecule has 0 bridgehead atoms. The molecule has 1 aliphatic carbocycles. The van der Waals surface area contributed by atoms with E-state index in [9.17, 15) is 10.1 Å². The molecule has 9 heteroatoms. The largest absolute Gasteiger partial charge is 0.493 e. The van der Waals surface area contributed by atoms with E-state index >= 15 is 0 Å². The molecule has 2 atom stereocenters. The third-order valence-electron chi connectivity index (χ3n) is 6.72. The zero-order chi connectivity index (χ0) is 26.0. The van der Waals surface area contributed by atoms with Gasteiger partial charge in [-0.3, -0.25) is 10.1 Å². The molecule has 0 aliphatic heterocycles. The molecule has 4 rings (SSSR count). The van der Waals surface area contributed by atoms with Crippen molar-refractivity contribution in [3.8, 4) is 34.5 Å². The van der Waals surface area contributed by atoms with E-state index in [1.807, 2.05) is 24.3 Å². The van der Waals surface area contributed by atoms with Crippen molar-refractivity contribution in [1.82, 2.24) is 0 Å². The maximum atomic E-state index is 12.7. The molecule has 0 amide bonds. The van der Waals surface area contributed by atoms with E-state index in [1.165, 1.54) is 14.2 Å². The minimum atomic E-state index is -1.02. The monoisotopic (exact) mass is 495 g/mol. The van der Waals surface area contributed by atoms with Gasteiger partial charge in [-0.05, 0) is 58.7 Å². The van der Waals surface area contributed by atoms with Gasteiger partial charge < -0.3 is 28.4 Å². The van der Waals surface area contributed by atoms with Gasteiger partial charge in [-0.2, -0.15) is 0 Å². The summed E-state index contributed by atoms with van der Waals surface area (Å²) in [5.74, 6) is 1.89. The van der Waals surface area contributed by atoms with E-state index in [0.29, 0.717) is 34.5 Å². The topological polar surface area (TPSA) is 98.5 Å². The van der Waals surface area contributed by atoms with Crippen LogP contribution in [0.3, 0.4) is 0 Å². The number of ether oxygens (including phenoxy) is 6. The molecule has 0 saturated heterocycles. The van der Waals surface area contributed by atoms with E-state index in [0.717, 1.165) is 22.3 Å². The molecule has 0 saturated carbocycles. The summed E-state index contributed by atoms with van der Waals surface area (Å²) in [5.41, 5.74) is 3.01. The number of fused-ring (bicyclic) bond motifs is 1. The number of nitro groups is 1. The van der Waals surface area contributed by atoms with Crippen LogP contribution in [0.5, 0.6) is 34.5 Å². The van der Waals surface area contributed by atoms with Gasteiger partial charge in [-0.15, -0.1) is 0 Å². The lowest BCUT2D eigenvalue weighted by molar-refractivity contribution is -0.525. The van der Waals surface area contributed by atoms with Crippen LogP contribution in [0.4, 0.5) is 0 Å². The van der Waals surface area contributed by atoms with E-state index in [1.54, 1.807) is 52.7 Å². The molecule has 36 heavy (non-hydrogen) atoms. The number of nitrogens with zero attached hydrogens (tertiary/aromatic N) is 1. The van der Waals surface area contributed by atoms with Gasteiger partial charge in [-0.1, -0.05) is 12.1 Å². The Hall–Kier alpha value is -4.14. The summed E-state index contributed by atoms with van der Waals surface area (Å²) in [7, 11) is 9.26. The molecule has 9 nitrogen and oxygen atoms in total. The molecule has 0 fully saturated rings. The van der Waals surface area contributed by atoms with Gasteiger partial charge in [0.15, 0.2) is 34.5 Å². The van der Waals surface area contributed by atoms with Crippen LogP contribution >= 0.6 is 0 Å². The summed E-state index contributed by atoms with van der Waals surface area (Å²) in [4.78, 5) is 12.5. The maximum absolute atomic E-state index is 12.7. The van der Waals surface area contributed by atoms with Crippen LogP contribution in [0, 0.1) is 10.1 Å². The van der Waals surface area contributed by atoms with Crippen LogP contribution in [0.15, 0.2) is 48.5 Å². The van der Waals surface area contributed by atoms with Gasteiger partial charge in [0.2, 0.25) is 6.04 Å². The fraction of sp³-hybridized carbons (Fsp3) is 0.333. The van der Waals surface area contributed by atoms with E-state index in [4.69, 9.17) is 28.4 Å². The number of rotatable bonds is 9. The second-order valence-electron chi connectivity index (χ2n) is 8.30. The summed E-state index contributed by atoms with van der Waals surface area (Å²) < 4.78 is 32.9. The minimum Gasteiger partial charge on any atom is -0.493 e. The number of benzene rings is 3. The molecule has 190 valence electrons. The quantitative estimate of drug-likeness (QED) is 0.312. The molecule has 0 heterocycles. The molecule has 0 unspecified atom stereocenters. The van der Waals surface area contributed by atoms with Crippen molar-refractivity contribution in [2.24, 2.45) is 0 Å². The number of methoxy groups -OCH3 is 6. The smallest absolute Gasteiger partial charge is 0.234 e. The van der Waals surface area contributed by atoms with Gasteiger partial charge in [0, 0.05) is 4.92 Å². The highest BCUT2D eigenvalue weighted by molar-refractivity contribution is 5.60. The van der Waals surface area contributed by atoms with Crippen LogP contribution < -0.4 is 28.4 Å². The second-order valence-corrected chi connectivity index (χ2v) is 8.30. The fourth-order valence-electron chi connectivity index (χ4n) is 5.10. The summed E-state index contributed by atoms with van der Waals surface area (Å²) in [6, 6.07) is 13.4. The molecule has 1 aliphatic rings. The molecule has 3 aromatic rings. The molecule has 0 aromatic heterocycles. The highest BCUT2D eigenvalue weighted by atomic mass is 16.6. The summed E-state index contributed by atoms with van der Waals surface area (Å²) in [6.45, 7) is 0. The van der Waals surface area contributed by atoms with Crippen LogP contribution in [-0.2, 0) is 0 Å². The first kappa shape index (κ1) is 25.0. The molecule has 0 radical (unpaired) electrons. The van der Waals surface area contributed by atoms with Gasteiger partial charge in [0.05, 0.1) is 54.5 Å². The SMILES string of the molecule is COc1ccc([C@H]2c3cc(OC)c(OC)cc3[C@H](c3ccc(OC)c(OC)c3)C2[N+](=O)[O-])cc1OC. The van der Waals surface area contributed by atoms with Gasteiger partial charge in [0.25, 0.3) is 0 Å². The average molecular weight is 496 g/mol. The Morgan fingerprint density at radius 2 is 0.889 bits per heavy atom. The predicted molar refractivity (Wildman–Crippen MR) is 133 cm³/mol. The lowest BCUT2D eigenvalue weighted by atomic mass is 9.85. The normalized spacial score (nSPS) is 16.7. The first-order chi connectivity index (χ1) is 17.4. The predicted octanol–water partition coefficient (Wildman–Crippen LogP) is 4.66. The first-order valence-electron chi connectivity index (χ1n) is 11.2. The third-order valence-corrected chi connectivity index (χ3v) is 6.72. The third kappa shape index (κ3) is 4.10. The zero-order valence-corrected chi connectivity index (χ0v) is 21.1. The van der Waals surface area contributed by atoms with E-state index < -0.39 is 17.9 Å². The number of hydrogen-bond acceptors (Lipinski definition) is 8. The Bertz CT molecular complexity index is 1180. The highest BCUT2D eigenvalue weighted by Gasteiger charge is 2.51. The molecule has 0 N–H and O–H groups in total. The summed E-state index contributed by atoms with van der Waals surface area (Å²) in [6.07, 6.45) is 0. The van der Waals surface area contributed by atoms with Crippen LogP contribution in [-0.4, -0.2) is 53.6 Å². The maximum Gasteiger partial charge on any atom is 0.234 e. The Labute approximate surface area is 209 Å². The molecule has 0 spiro atoms. The van der Waals surface area contributed by atoms with Gasteiger partial charge in [-0.25, -0.2) is 0 Å². The van der Waals surface area contributed by atoms with Crippen molar-refractivity contribution in [1.29, 1.82) is 0 Å². The van der Waals surface area contributed by atoms with Crippen molar-refractivity contribution in [3.05, 3.63) is 80.9 Å². The van der Waals surface area contributed by atoms with Gasteiger partial charge >= 0.3 is 0 Å². The minimum absolute atomic E-state index is 0.221. The van der Waals surface area contributed by atoms with Crippen molar-refractivity contribution in [2.75, 3.05) is 42.7 Å². The second kappa shape index (κ2) is 10.2.